The first-order valence-corrected chi connectivity index (χ1v) is 5.58. The number of phenolic OH excluding ortho intramolecular Hbond substituents is 1. The molecule has 2 rings (SSSR count). The highest BCUT2D eigenvalue weighted by atomic mass is 16.5. The molecular weight excluding hydrogens is 220 g/mol. The van der Waals surface area contributed by atoms with E-state index in [1.165, 1.54) is 6.07 Å². The van der Waals surface area contributed by atoms with Crippen molar-refractivity contribution in [3.8, 4) is 5.75 Å². The lowest BCUT2D eigenvalue weighted by Crippen LogP contribution is -2.48. The van der Waals surface area contributed by atoms with Gasteiger partial charge in [-0.15, -0.1) is 0 Å². The number of benzene rings is 1. The Morgan fingerprint density at radius 3 is 3.06 bits per heavy atom. The van der Waals surface area contributed by atoms with E-state index in [-0.39, 0.29) is 17.7 Å². The second-order valence-corrected chi connectivity index (χ2v) is 4.07. The Bertz CT molecular complexity index is 414. The van der Waals surface area contributed by atoms with E-state index in [9.17, 15) is 9.90 Å². The Morgan fingerprint density at radius 1 is 1.59 bits per heavy atom. The first-order valence-electron chi connectivity index (χ1n) is 5.58. The van der Waals surface area contributed by atoms with E-state index in [2.05, 4.69) is 10.6 Å². The highest BCUT2D eigenvalue weighted by Gasteiger charge is 2.21. The molecule has 0 bridgehead atoms. The predicted molar refractivity (Wildman–Crippen MR) is 64.1 cm³/mol. The molecule has 1 aliphatic rings. The van der Waals surface area contributed by atoms with Crippen LogP contribution in [0.3, 0.4) is 0 Å². The van der Waals surface area contributed by atoms with E-state index in [4.69, 9.17) is 4.74 Å². The van der Waals surface area contributed by atoms with Crippen molar-refractivity contribution in [2.75, 3.05) is 25.1 Å². The van der Waals surface area contributed by atoms with Crippen molar-refractivity contribution in [1.82, 2.24) is 5.32 Å². The van der Waals surface area contributed by atoms with Crippen LogP contribution < -0.4 is 10.6 Å². The molecule has 0 spiro atoms. The minimum atomic E-state index is -0.327. The zero-order valence-electron chi connectivity index (χ0n) is 9.69. The normalized spacial score (nSPS) is 19.9. The molecule has 1 saturated heterocycles. The Morgan fingerprint density at radius 2 is 2.41 bits per heavy atom. The number of carbonyl (C=O) groups excluding carboxylic acids is 1. The molecule has 5 heteroatoms. The quantitative estimate of drug-likeness (QED) is 0.704. The van der Waals surface area contributed by atoms with Gasteiger partial charge in [0.15, 0.2) is 0 Å². The lowest BCUT2D eigenvalue weighted by Gasteiger charge is -2.22. The Kier molecular flexibility index (Phi) is 3.61. The zero-order valence-corrected chi connectivity index (χ0v) is 9.69. The number of rotatable bonds is 2. The fraction of sp³-hybridized carbons (Fsp3) is 0.417. The van der Waals surface area contributed by atoms with Gasteiger partial charge in [0.25, 0.3) is 0 Å². The van der Waals surface area contributed by atoms with E-state index in [0.29, 0.717) is 25.4 Å². The van der Waals surface area contributed by atoms with Gasteiger partial charge in [-0.05, 0) is 18.6 Å². The molecule has 0 radical (unpaired) electrons. The minimum absolute atomic E-state index is 0.145. The average Bonchev–Trinajstić information content (AvgIpc) is 2.35. The number of hydrogen-bond donors (Lipinski definition) is 3. The van der Waals surface area contributed by atoms with Gasteiger partial charge in [0, 0.05) is 18.3 Å². The second-order valence-electron chi connectivity index (χ2n) is 4.07. The first kappa shape index (κ1) is 11.9. The molecule has 1 amide bonds. The number of anilines is 1. The summed E-state index contributed by atoms with van der Waals surface area (Å²) in [6.07, 6.45) is 0. The van der Waals surface area contributed by atoms with Crippen LogP contribution in [0.15, 0.2) is 18.2 Å². The predicted octanol–water partition coefficient (Wildman–Crippen LogP) is 0.628. The van der Waals surface area contributed by atoms with Crippen LogP contribution in [-0.2, 0) is 9.53 Å². The van der Waals surface area contributed by atoms with Crippen molar-refractivity contribution in [3.63, 3.8) is 0 Å². The molecule has 1 aliphatic heterocycles. The van der Waals surface area contributed by atoms with Crippen molar-refractivity contribution in [1.29, 1.82) is 0 Å². The van der Waals surface area contributed by atoms with Crippen molar-refractivity contribution < 1.29 is 14.6 Å². The van der Waals surface area contributed by atoms with Crippen molar-refractivity contribution in [2.24, 2.45) is 0 Å². The van der Waals surface area contributed by atoms with Gasteiger partial charge in [-0.3, -0.25) is 4.79 Å². The maximum absolute atomic E-state index is 11.8. The number of amides is 1. The number of aryl methyl sites for hydroxylation is 1. The molecule has 5 nitrogen and oxygen atoms in total. The number of aromatic hydroxyl groups is 1. The monoisotopic (exact) mass is 236 g/mol. The number of hydrogen-bond acceptors (Lipinski definition) is 4. The fourth-order valence-corrected chi connectivity index (χ4v) is 1.65. The molecule has 0 saturated carbocycles. The topological polar surface area (TPSA) is 70.6 Å². The van der Waals surface area contributed by atoms with Gasteiger partial charge in [-0.1, -0.05) is 6.07 Å². The van der Waals surface area contributed by atoms with Crippen molar-refractivity contribution >= 4 is 11.6 Å². The molecule has 0 aromatic heterocycles. The van der Waals surface area contributed by atoms with Gasteiger partial charge in [-0.25, -0.2) is 0 Å². The van der Waals surface area contributed by atoms with Gasteiger partial charge in [-0.2, -0.15) is 0 Å². The van der Waals surface area contributed by atoms with Gasteiger partial charge in [0.1, 0.15) is 11.8 Å². The van der Waals surface area contributed by atoms with Gasteiger partial charge >= 0.3 is 0 Å². The molecule has 1 aromatic carbocycles. The number of nitrogens with one attached hydrogen (secondary N) is 2. The third-order valence-corrected chi connectivity index (χ3v) is 2.71. The van der Waals surface area contributed by atoms with Crippen LogP contribution in [0.5, 0.6) is 5.75 Å². The maximum Gasteiger partial charge on any atom is 0.243 e. The van der Waals surface area contributed by atoms with Gasteiger partial charge in [0.05, 0.1) is 13.2 Å². The average molecular weight is 236 g/mol. The van der Waals surface area contributed by atoms with Gasteiger partial charge in [0.2, 0.25) is 5.91 Å². The smallest absolute Gasteiger partial charge is 0.243 e. The molecule has 0 aliphatic carbocycles. The molecule has 1 aromatic rings. The lowest BCUT2D eigenvalue weighted by molar-refractivity contribution is -0.120. The molecule has 1 atom stereocenters. The first-order chi connectivity index (χ1) is 8.16. The molecule has 1 fully saturated rings. The van der Waals surface area contributed by atoms with Crippen LogP contribution in [0.2, 0.25) is 0 Å². The van der Waals surface area contributed by atoms with Crippen LogP contribution in [0.25, 0.3) is 0 Å². The molecule has 17 heavy (non-hydrogen) atoms. The summed E-state index contributed by atoms with van der Waals surface area (Å²) >= 11 is 0. The molecule has 1 unspecified atom stereocenters. The van der Waals surface area contributed by atoms with Crippen molar-refractivity contribution in [2.45, 2.75) is 13.0 Å². The molecule has 3 N–H and O–H groups in total. The Labute approximate surface area is 99.8 Å². The second kappa shape index (κ2) is 5.16. The fourth-order valence-electron chi connectivity index (χ4n) is 1.65. The van der Waals surface area contributed by atoms with E-state index in [1.54, 1.807) is 19.1 Å². The largest absolute Gasteiger partial charge is 0.508 e. The van der Waals surface area contributed by atoms with E-state index in [1.807, 2.05) is 0 Å². The number of morpholine rings is 1. The number of carbonyl (C=O) groups is 1. The van der Waals surface area contributed by atoms with E-state index < -0.39 is 0 Å². The van der Waals surface area contributed by atoms with E-state index in [0.717, 1.165) is 5.56 Å². The number of phenols is 1. The Hall–Kier alpha value is -1.59. The SMILES string of the molecule is Cc1ccc(NC(=O)C2COCCN2)cc1O. The van der Waals surface area contributed by atoms with Crippen LogP contribution in [-0.4, -0.2) is 36.8 Å². The summed E-state index contributed by atoms with van der Waals surface area (Å²) in [4.78, 5) is 11.8. The third-order valence-electron chi connectivity index (χ3n) is 2.71. The molecular formula is C12H16N2O3. The summed E-state index contributed by atoms with van der Waals surface area (Å²) in [6, 6.07) is 4.73. The summed E-state index contributed by atoms with van der Waals surface area (Å²) in [7, 11) is 0. The standard InChI is InChI=1S/C12H16N2O3/c1-8-2-3-9(6-11(8)15)14-12(16)10-7-17-5-4-13-10/h2-3,6,10,13,15H,4-5,7H2,1H3,(H,14,16). The van der Waals surface area contributed by atoms with Crippen molar-refractivity contribution in [3.05, 3.63) is 23.8 Å². The summed E-state index contributed by atoms with van der Waals surface area (Å²) in [5.74, 6) is 0.0311. The Balaban J connectivity index is 1.99. The van der Waals surface area contributed by atoms with Crippen LogP contribution in [0.4, 0.5) is 5.69 Å². The summed E-state index contributed by atoms with van der Waals surface area (Å²) in [5.41, 5.74) is 1.37. The van der Waals surface area contributed by atoms with Crippen LogP contribution >= 0.6 is 0 Å². The van der Waals surface area contributed by atoms with E-state index >= 15 is 0 Å². The molecule has 1 heterocycles. The molecule has 92 valence electrons. The summed E-state index contributed by atoms with van der Waals surface area (Å²) < 4.78 is 5.21. The zero-order chi connectivity index (χ0) is 12.3. The highest BCUT2D eigenvalue weighted by Crippen LogP contribution is 2.20. The minimum Gasteiger partial charge on any atom is -0.508 e. The summed E-state index contributed by atoms with van der Waals surface area (Å²) in [5, 5.41) is 15.3. The van der Waals surface area contributed by atoms with Gasteiger partial charge < -0.3 is 20.5 Å². The summed E-state index contributed by atoms with van der Waals surface area (Å²) in [6.45, 7) is 3.49. The van der Waals surface area contributed by atoms with Crippen LogP contribution in [0, 0.1) is 6.92 Å². The third kappa shape index (κ3) is 2.95. The van der Waals surface area contributed by atoms with Crippen LogP contribution in [0.1, 0.15) is 5.56 Å². The maximum atomic E-state index is 11.8. The lowest BCUT2D eigenvalue weighted by atomic mass is 10.2. The number of ether oxygens (including phenoxy) is 1. The highest BCUT2D eigenvalue weighted by molar-refractivity contribution is 5.95.